The van der Waals surface area contributed by atoms with Crippen molar-refractivity contribution in [2.24, 2.45) is 4.99 Å². The van der Waals surface area contributed by atoms with Gasteiger partial charge in [0, 0.05) is 5.69 Å². The van der Waals surface area contributed by atoms with Gasteiger partial charge in [0.05, 0.1) is 30.7 Å². The van der Waals surface area contributed by atoms with E-state index in [2.05, 4.69) is 5.32 Å². The number of methoxy groups -OCH3 is 1. The second kappa shape index (κ2) is 8.83. The van der Waals surface area contributed by atoms with Crippen molar-refractivity contribution in [2.75, 3.05) is 19.0 Å². The SMILES string of the molecule is CCOC(=O)c1ccc2c(c1)NC(=O)C2C(=Nc1ccc(OC)cc1)c1ccccc1. The van der Waals surface area contributed by atoms with E-state index in [1.165, 1.54) is 0 Å². The summed E-state index contributed by atoms with van der Waals surface area (Å²) in [5.41, 5.74) is 3.96. The lowest BCUT2D eigenvalue weighted by Crippen LogP contribution is -2.21. The molecule has 6 heteroatoms. The van der Waals surface area contributed by atoms with E-state index in [-0.39, 0.29) is 12.5 Å². The Hall–Kier alpha value is -3.93. The highest BCUT2D eigenvalue weighted by Gasteiger charge is 2.36. The van der Waals surface area contributed by atoms with Crippen LogP contribution in [0, 0.1) is 0 Å². The molecule has 1 heterocycles. The first kappa shape index (κ1) is 20.3. The number of aliphatic imine (C=N–C) groups is 1. The maximum atomic E-state index is 13.0. The van der Waals surface area contributed by atoms with Gasteiger partial charge in [-0.15, -0.1) is 0 Å². The third kappa shape index (κ3) is 4.19. The van der Waals surface area contributed by atoms with Crippen molar-refractivity contribution in [3.8, 4) is 5.75 Å². The normalized spacial score (nSPS) is 15.2. The predicted molar refractivity (Wildman–Crippen MR) is 119 cm³/mol. The van der Waals surface area contributed by atoms with Crippen LogP contribution in [0.15, 0.2) is 77.8 Å². The third-order valence-electron chi connectivity index (χ3n) is 5.06. The van der Waals surface area contributed by atoms with Gasteiger partial charge in [-0.1, -0.05) is 36.4 Å². The predicted octanol–water partition coefficient (Wildman–Crippen LogP) is 4.73. The van der Waals surface area contributed by atoms with Gasteiger partial charge >= 0.3 is 5.97 Å². The molecule has 3 aromatic carbocycles. The molecule has 0 aliphatic carbocycles. The van der Waals surface area contributed by atoms with Gasteiger partial charge in [-0.05, 0) is 54.4 Å². The molecule has 0 aromatic heterocycles. The first-order valence-corrected chi connectivity index (χ1v) is 10.0. The van der Waals surface area contributed by atoms with Crippen LogP contribution in [0.5, 0.6) is 5.75 Å². The lowest BCUT2D eigenvalue weighted by molar-refractivity contribution is -0.115. The van der Waals surface area contributed by atoms with Crippen molar-refractivity contribution in [3.05, 3.63) is 89.5 Å². The zero-order valence-corrected chi connectivity index (χ0v) is 17.3. The van der Waals surface area contributed by atoms with E-state index in [0.29, 0.717) is 22.6 Å². The van der Waals surface area contributed by atoms with Crippen molar-refractivity contribution >= 4 is 29.0 Å². The zero-order valence-electron chi connectivity index (χ0n) is 17.3. The van der Waals surface area contributed by atoms with Crippen molar-refractivity contribution < 1.29 is 19.1 Å². The van der Waals surface area contributed by atoms with Crippen LogP contribution < -0.4 is 10.1 Å². The minimum absolute atomic E-state index is 0.188. The highest BCUT2D eigenvalue weighted by Crippen LogP contribution is 2.37. The van der Waals surface area contributed by atoms with Crippen LogP contribution >= 0.6 is 0 Å². The zero-order chi connectivity index (χ0) is 21.8. The Kier molecular flexibility index (Phi) is 5.80. The quantitative estimate of drug-likeness (QED) is 0.467. The number of fused-ring (bicyclic) bond motifs is 1. The molecule has 31 heavy (non-hydrogen) atoms. The second-order valence-corrected chi connectivity index (χ2v) is 7.01. The molecule has 0 saturated heterocycles. The molecule has 1 amide bonds. The van der Waals surface area contributed by atoms with Crippen molar-refractivity contribution in [1.82, 2.24) is 0 Å². The van der Waals surface area contributed by atoms with E-state index in [1.807, 2.05) is 54.6 Å². The molecule has 1 unspecified atom stereocenters. The first-order valence-electron chi connectivity index (χ1n) is 10.0. The van der Waals surface area contributed by atoms with Gasteiger partial charge in [-0.3, -0.25) is 9.79 Å². The Morgan fingerprint density at radius 1 is 1.00 bits per heavy atom. The number of rotatable bonds is 6. The van der Waals surface area contributed by atoms with E-state index in [0.717, 1.165) is 16.9 Å². The van der Waals surface area contributed by atoms with Crippen LogP contribution in [-0.2, 0) is 9.53 Å². The van der Waals surface area contributed by atoms with Gasteiger partial charge < -0.3 is 14.8 Å². The van der Waals surface area contributed by atoms with Gasteiger partial charge in [0.25, 0.3) is 0 Å². The Morgan fingerprint density at radius 3 is 2.42 bits per heavy atom. The summed E-state index contributed by atoms with van der Waals surface area (Å²) in [5, 5.41) is 2.89. The van der Waals surface area contributed by atoms with E-state index >= 15 is 0 Å². The standard InChI is InChI=1S/C25H22N2O4/c1-3-31-25(29)17-9-14-20-21(15-17)27-24(28)22(20)23(16-7-5-4-6-8-16)26-18-10-12-19(30-2)13-11-18/h4-15,22H,3H2,1-2H3,(H,27,28). The monoisotopic (exact) mass is 414 g/mol. The number of ether oxygens (including phenoxy) is 2. The molecule has 1 atom stereocenters. The van der Waals surface area contributed by atoms with Crippen LogP contribution in [0.2, 0.25) is 0 Å². The van der Waals surface area contributed by atoms with Gasteiger partial charge in [-0.2, -0.15) is 0 Å². The Balaban J connectivity index is 1.78. The average Bonchev–Trinajstić information content (AvgIpc) is 3.13. The molecule has 0 radical (unpaired) electrons. The molecule has 0 saturated carbocycles. The number of nitrogens with one attached hydrogen (secondary N) is 1. The summed E-state index contributed by atoms with van der Waals surface area (Å²) in [6.45, 7) is 2.04. The number of hydrogen-bond acceptors (Lipinski definition) is 5. The summed E-state index contributed by atoms with van der Waals surface area (Å²) in [4.78, 5) is 29.9. The molecule has 0 spiro atoms. The van der Waals surface area contributed by atoms with E-state index in [1.54, 1.807) is 32.2 Å². The molecule has 156 valence electrons. The van der Waals surface area contributed by atoms with Crippen molar-refractivity contribution in [3.63, 3.8) is 0 Å². The number of amides is 1. The summed E-state index contributed by atoms with van der Waals surface area (Å²) in [6, 6.07) is 22.1. The fraction of sp³-hybridized carbons (Fsp3) is 0.160. The summed E-state index contributed by atoms with van der Waals surface area (Å²) in [7, 11) is 1.61. The molecule has 6 nitrogen and oxygen atoms in total. The molecule has 1 N–H and O–H groups in total. The first-order chi connectivity index (χ1) is 15.1. The van der Waals surface area contributed by atoms with Crippen LogP contribution in [-0.4, -0.2) is 31.3 Å². The molecule has 0 bridgehead atoms. The number of anilines is 1. The van der Waals surface area contributed by atoms with E-state index in [9.17, 15) is 9.59 Å². The number of carbonyl (C=O) groups is 2. The van der Waals surface area contributed by atoms with Crippen LogP contribution in [0.1, 0.15) is 34.3 Å². The Labute approximate surface area is 180 Å². The second-order valence-electron chi connectivity index (χ2n) is 7.01. The average molecular weight is 414 g/mol. The molecule has 4 rings (SSSR count). The maximum Gasteiger partial charge on any atom is 0.338 e. The summed E-state index contributed by atoms with van der Waals surface area (Å²) >= 11 is 0. The van der Waals surface area contributed by atoms with Gasteiger partial charge in [0.1, 0.15) is 11.7 Å². The van der Waals surface area contributed by atoms with E-state index in [4.69, 9.17) is 14.5 Å². The number of nitrogens with zero attached hydrogens (tertiary/aromatic N) is 1. The van der Waals surface area contributed by atoms with E-state index < -0.39 is 11.9 Å². The van der Waals surface area contributed by atoms with Crippen molar-refractivity contribution in [2.45, 2.75) is 12.8 Å². The van der Waals surface area contributed by atoms with Crippen LogP contribution in [0.3, 0.4) is 0 Å². The number of esters is 1. The van der Waals surface area contributed by atoms with Gasteiger partial charge in [0.2, 0.25) is 5.91 Å². The molecule has 1 aliphatic heterocycles. The minimum atomic E-state index is -0.601. The topological polar surface area (TPSA) is 77.0 Å². The summed E-state index contributed by atoms with van der Waals surface area (Å²) in [5.74, 6) is -0.475. The van der Waals surface area contributed by atoms with Gasteiger partial charge in [-0.25, -0.2) is 4.79 Å². The number of carbonyl (C=O) groups excluding carboxylic acids is 2. The Bertz CT molecular complexity index is 1140. The molecular formula is C25H22N2O4. The number of hydrogen-bond donors (Lipinski definition) is 1. The highest BCUT2D eigenvalue weighted by molar-refractivity contribution is 6.24. The molecule has 1 aliphatic rings. The van der Waals surface area contributed by atoms with Crippen LogP contribution in [0.4, 0.5) is 11.4 Å². The molecule has 3 aromatic rings. The van der Waals surface area contributed by atoms with Crippen molar-refractivity contribution in [1.29, 1.82) is 0 Å². The lowest BCUT2D eigenvalue weighted by Gasteiger charge is -2.14. The summed E-state index contributed by atoms with van der Waals surface area (Å²) < 4.78 is 10.3. The molecular weight excluding hydrogens is 392 g/mol. The Morgan fingerprint density at radius 2 is 1.74 bits per heavy atom. The van der Waals surface area contributed by atoms with Crippen LogP contribution in [0.25, 0.3) is 0 Å². The largest absolute Gasteiger partial charge is 0.497 e. The number of benzene rings is 3. The fourth-order valence-electron chi connectivity index (χ4n) is 3.58. The third-order valence-corrected chi connectivity index (χ3v) is 5.06. The summed E-state index contributed by atoms with van der Waals surface area (Å²) in [6.07, 6.45) is 0. The lowest BCUT2D eigenvalue weighted by atomic mass is 9.90. The smallest absolute Gasteiger partial charge is 0.338 e. The molecule has 0 fully saturated rings. The fourth-order valence-corrected chi connectivity index (χ4v) is 3.58. The maximum absolute atomic E-state index is 13.0. The minimum Gasteiger partial charge on any atom is -0.497 e. The highest BCUT2D eigenvalue weighted by atomic mass is 16.5. The van der Waals surface area contributed by atoms with Gasteiger partial charge in [0.15, 0.2) is 0 Å².